The van der Waals surface area contributed by atoms with E-state index in [9.17, 15) is 4.79 Å². The Hall–Kier alpha value is -0.180. The van der Waals surface area contributed by atoms with Gasteiger partial charge in [-0.25, -0.2) is 0 Å². The molecule has 0 aromatic heterocycles. The molecule has 1 nitrogen and oxygen atoms in total. The van der Waals surface area contributed by atoms with E-state index in [0.29, 0.717) is 15.6 Å². The van der Waals surface area contributed by atoms with Gasteiger partial charge >= 0.3 is 0 Å². The van der Waals surface area contributed by atoms with E-state index in [1.54, 1.807) is 23.9 Å². The average Bonchev–Trinajstić information content (AvgIpc) is 2.12. The zero-order valence-electron chi connectivity index (χ0n) is 7.51. The number of fused-ring (bicyclic) bond motifs is 1. The number of rotatable bonds is 0. The largest absolute Gasteiger partial charge is 0.293 e. The second-order valence-corrected chi connectivity index (χ2v) is 5.40. The summed E-state index contributed by atoms with van der Waals surface area (Å²) in [5, 5.41) is 1.14. The molecule has 0 radical (unpaired) electrons. The summed E-state index contributed by atoms with van der Waals surface area (Å²) < 4.78 is 0. The molecular formula is C10H8Cl2OS. The molecule has 1 aromatic carbocycles. The Morgan fingerprint density at radius 1 is 1.43 bits per heavy atom. The van der Waals surface area contributed by atoms with Gasteiger partial charge in [0.25, 0.3) is 0 Å². The molecule has 4 heteroatoms. The molecule has 0 amide bonds. The first-order valence-corrected chi connectivity index (χ1v) is 6.04. The van der Waals surface area contributed by atoms with Crippen LogP contribution >= 0.6 is 35.0 Å². The molecule has 0 fully saturated rings. The minimum absolute atomic E-state index is 0.0111. The van der Waals surface area contributed by atoms with Gasteiger partial charge < -0.3 is 0 Å². The molecule has 0 saturated heterocycles. The van der Waals surface area contributed by atoms with Gasteiger partial charge in [-0.1, -0.05) is 23.2 Å². The van der Waals surface area contributed by atoms with Gasteiger partial charge in [0.1, 0.15) is 0 Å². The third kappa shape index (κ3) is 1.67. The number of hydrogen-bond donors (Lipinski definition) is 0. The zero-order valence-corrected chi connectivity index (χ0v) is 9.84. The summed E-state index contributed by atoms with van der Waals surface area (Å²) in [4.78, 5) is 11.8. The van der Waals surface area contributed by atoms with E-state index in [1.165, 1.54) is 0 Å². The number of carbonyl (C=O) groups excluding carboxylic acids is 1. The third-order valence-corrected chi connectivity index (χ3v) is 4.00. The maximum absolute atomic E-state index is 11.8. The van der Waals surface area contributed by atoms with Crippen LogP contribution in [-0.4, -0.2) is 11.0 Å². The Balaban J connectivity index is 2.60. The first-order chi connectivity index (χ1) is 6.59. The minimum atomic E-state index is 0.0111. The predicted molar refractivity (Wildman–Crippen MR) is 61.5 cm³/mol. The van der Waals surface area contributed by atoms with E-state index < -0.39 is 0 Å². The van der Waals surface area contributed by atoms with Gasteiger partial charge in [0.05, 0.1) is 5.25 Å². The lowest BCUT2D eigenvalue weighted by Crippen LogP contribution is -2.20. The number of thioether (sulfide) groups is 1. The monoisotopic (exact) mass is 246 g/mol. The second kappa shape index (κ2) is 3.76. The first-order valence-electron chi connectivity index (χ1n) is 4.23. The average molecular weight is 247 g/mol. The molecule has 0 bridgehead atoms. The Morgan fingerprint density at radius 2 is 2.14 bits per heavy atom. The fourth-order valence-electron chi connectivity index (χ4n) is 1.47. The van der Waals surface area contributed by atoms with Gasteiger partial charge in [0.15, 0.2) is 5.78 Å². The van der Waals surface area contributed by atoms with Gasteiger partial charge in [-0.3, -0.25) is 4.79 Å². The molecule has 0 N–H and O–H groups in total. The topological polar surface area (TPSA) is 17.1 Å². The van der Waals surface area contributed by atoms with Crippen molar-refractivity contribution in [1.29, 1.82) is 0 Å². The molecule has 0 aliphatic carbocycles. The minimum Gasteiger partial charge on any atom is -0.293 e. The van der Waals surface area contributed by atoms with Crippen LogP contribution in [0.2, 0.25) is 10.0 Å². The number of benzene rings is 1. The van der Waals surface area contributed by atoms with Crippen LogP contribution in [0.4, 0.5) is 0 Å². The van der Waals surface area contributed by atoms with Crippen LogP contribution in [0.1, 0.15) is 22.8 Å². The summed E-state index contributed by atoms with van der Waals surface area (Å²) in [5.74, 6) is 0.916. The number of carbonyl (C=O) groups is 1. The maximum Gasteiger partial charge on any atom is 0.175 e. The highest BCUT2D eigenvalue weighted by Crippen LogP contribution is 2.35. The van der Waals surface area contributed by atoms with Gasteiger partial charge in [-0.05, 0) is 24.6 Å². The van der Waals surface area contributed by atoms with Crippen molar-refractivity contribution in [1.82, 2.24) is 0 Å². The molecule has 1 atom stereocenters. The fraction of sp³-hybridized carbons (Fsp3) is 0.300. The van der Waals surface area contributed by atoms with Crippen molar-refractivity contribution in [3.63, 3.8) is 0 Å². The molecule has 0 spiro atoms. The lowest BCUT2D eigenvalue weighted by molar-refractivity contribution is 0.0991. The smallest absolute Gasteiger partial charge is 0.175 e. The zero-order chi connectivity index (χ0) is 10.3. The normalized spacial score (nSPS) is 20.8. The van der Waals surface area contributed by atoms with Gasteiger partial charge in [0, 0.05) is 21.4 Å². The van der Waals surface area contributed by atoms with Crippen LogP contribution in [0.25, 0.3) is 0 Å². The van der Waals surface area contributed by atoms with E-state index in [4.69, 9.17) is 23.2 Å². The van der Waals surface area contributed by atoms with E-state index in [1.807, 2.05) is 6.92 Å². The molecule has 74 valence electrons. The molecule has 1 aliphatic rings. The summed E-state index contributed by atoms with van der Waals surface area (Å²) >= 11 is 13.5. The van der Waals surface area contributed by atoms with Crippen molar-refractivity contribution < 1.29 is 4.79 Å². The summed E-state index contributed by atoms with van der Waals surface area (Å²) in [5.41, 5.74) is 1.61. The Kier molecular flexibility index (Phi) is 2.78. The van der Waals surface area contributed by atoms with E-state index >= 15 is 0 Å². The van der Waals surface area contributed by atoms with Gasteiger partial charge in [-0.15, -0.1) is 11.8 Å². The van der Waals surface area contributed by atoms with Crippen molar-refractivity contribution in [3.05, 3.63) is 33.3 Å². The molecule has 2 rings (SSSR count). The lowest BCUT2D eigenvalue weighted by atomic mass is 10.0. The van der Waals surface area contributed by atoms with Crippen molar-refractivity contribution in [2.45, 2.75) is 17.9 Å². The van der Waals surface area contributed by atoms with Gasteiger partial charge in [-0.2, -0.15) is 0 Å². The second-order valence-electron chi connectivity index (χ2n) is 3.23. The SMILES string of the molecule is CC1SCc2c(Cl)cc(Cl)cc2C1=O. The molecular weight excluding hydrogens is 239 g/mol. The highest BCUT2D eigenvalue weighted by atomic mass is 35.5. The summed E-state index contributed by atoms with van der Waals surface area (Å²) in [6.45, 7) is 1.91. The molecule has 0 saturated carbocycles. The van der Waals surface area contributed by atoms with Crippen molar-refractivity contribution in [2.24, 2.45) is 0 Å². The maximum atomic E-state index is 11.8. The van der Waals surface area contributed by atoms with E-state index in [2.05, 4.69) is 0 Å². The van der Waals surface area contributed by atoms with Crippen molar-refractivity contribution in [3.8, 4) is 0 Å². The summed E-state index contributed by atoms with van der Waals surface area (Å²) in [7, 11) is 0. The Morgan fingerprint density at radius 3 is 2.86 bits per heavy atom. The number of ketones is 1. The van der Waals surface area contributed by atoms with Crippen molar-refractivity contribution >= 4 is 40.7 Å². The van der Waals surface area contributed by atoms with Crippen LogP contribution in [0.3, 0.4) is 0 Å². The van der Waals surface area contributed by atoms with Crippen LogP contribution in [0.5, 0.6) is 0 Å². The number of hydrogen-bond acceptors (Lipinski definition) is 2. The Labute approximate surface area is 96.8 Å². The summed E-state index contributed by atoms with van der Waals surface area (Å²) in [6, 6.07) is 3.40. The quantitative estimate of drug-likeness (QED) is 0.693. The van der Waals surface area contributed by atoms with Crippen LogP contribution in [-0.2, 0) is 5.75 Å². The highest BCUT2D eigenvalue weighted by molar-refractivity contribution is 8.00. The number of halogens is 2. The highest BCUT2D eigenvalue weighted by Gasteiger charge is 2.26. The van der Waals surface area contributed by atoms with Crippen LogP contribution < -0.4 is 0 Å². The third-order valence-electron chi connectivity index (χ3n) is 2.27. The van der Waals surface area contributed by atoms with Crippen LogP contribution in [0.15, 0.2) is 12.1 Å². The summed E-state index contributed by atoms with van der Waals surface area (Å²) in [6.07, 6.45) is 0. The molecule has 1 heterocycles. The van der Waals surface area contributed by atoms with Crippen LogP contribution in [0, 0.1) is 0 Å². The first kappa shape index (κ1) is 10.3. The Bertz CT molecular complexity index is 403. The molecule has 1 aromatic rings. The van der Waals surface area contributed by atoms with E-state index in [-0.39, 0.29) is 11.0 Å². The molecule has 1 aliphatic heterocycles. The van der Waals surface area contributed by atoms with Crippen molar-refractivity contribution in [2.75, 3.05) is 0 Å². The fourth-order valence-corrected chi connectivity index (χ4v) is 3.12. The lowest BCUT2D eigenvalue weighted by Gasteiger charge is -2.20. The van der Waals surface area contributed by atoms with E-state index in [0.717, 1.165) is 11.3 Å². The molecule has 14 heavy (non-hydrogen) atoms. The molecule has 1 unspecified atom stereocenters. The van der Waals surface area contributed by atoms with Gasteiger partial charge in [0.2, 0.25) is 0 Å². The number of Topliss-reactive ketones (excluding diaryl/α,β-unsaturated/α-hetero) is 1. The predicted octanol–water partition coefficient (Wildman–Crippen LogP) is 3.81. The standard InChI is InChI=1S/C10H8Cl2OS/c1-5-10(13)7-2-6(11)3-9(12)8(7)4-14-5/h2-3,5H,4H2,1H3.